The van der Waals surface area contributed by atoms with Crippen LogP contribution in [0.3, 0.4) is 0 Å². The fraction of sp³-hybridized carbons (Fsp3) is 0.600. The molecule has 2 aromatic rings. The number of hydrogen-bond acceptors (Lipinski definition) is 4. The molecule has 118 valence electrons. The Balaban J connectivity index is 1.71. The molecule has 0 aromatic carbocycles. The molecule has 7 heteroatoms. The molecule has 3 heterocycles. The van der Waals surface area contributed by atoms with Gasteiger partial charge in [-0.25, -0.2) is 14.6 Å². The molecule has 0 spiro atoms. The van der Waals surface area contributed by atoms with Gasteiger partial charge in [0.2, 0.25) is 5.91 Å². The van der Waals surface area contributed by atoms with Crippen molar-refractivity contribution in [1.29, 1.82) is 0 Å². The van der Waals surface area contributed by atoms with E-state index < -0.39 is 0 Å². The average molecular weight is 302 g/mol. The highest BCUT2D eigenvalue weighted by Gasteiger charge is 2.29. The van der Waals surface area contributed by atoms with Gasteiger partial charge in [-0.15, -0.1) is 0 Å². The summed E-state index contributed by atoms with van der Waals surface area (Å²) in [5, 5.41) is 4.07. The molecule has 0 aliphatic carbocycles. The fourth-order valence-corrected chi connectivity index (χ4v) is 3.13. The maximum absolute atomic E-state index is 12.7. The number of nitrogens with zero attached hydrogens (tertiary/aromatic N) is 6. The smallest absolute Gasteiger partial charge is 0.247 e. The lowest BCUT2D eigenvalue weighted by Crippen LogP contribution is -2.43. The Morgan fingerprint density at radius 3 is 3.09 bits per heavy atom. The van der Waals surface area contributed by atoms with Crippen molar-refractivity contribution in [3.05, 3.63) is 30.9 Å². The largest absolute Gasteiger partial charge is 0.339 e. The zero-order chi connectivity index (χ0) is 15.5. The summed E-state index contributed by atoms with van der Waals surface area (Å²) >= 11 is 0. The average Bonchev–Trinajstić information content (AvgIpc) is 3.24. The number of amides is 1. The molecule has 0 bridgehead atoms. The normalized spacial score (nSPS) is 20.1. The lowest BCUT2D eigenvalue weighted by Gasteiger charge is -2.35. The molecular weight excluding hydrogens is 280 g/mol. The fourth-order valence-electron chi connectivity index (χ4n) is 3.13. The van der Waals surface area contributed by atoms with Crippen molar-refractivity contribution in [2.75, 3.05) is 13.1 Å². The van der Waals surface area contributed by atoms with E-state index in [1.165, 1.54) is 6.33 Å². The minimum atomic E-state index is -0.310. The number of rotatable bonds is 4. The summed E-state index contributed by atoms with van der Waals surface area (Å²) in [5.41, 5.74) is 0. The second-order valence-corrected chi connectivity index (χ2v) is 5.74. The van der Waals surface area contributed by atoms with E-state index in [0.717, 1.165) is 38.2 Å². The summed E-state index contributed by atoms with van der Waals surface area (Å²) in [7, 11) is 0. The van der Waals surface area contributed by atoms with Gasteiger partial charge in [0.15, 0.2) is 0 Å². The quantitative estimate of drug-likeness (QED) is 0.857. The lowest BCUT2D eigenvalue weighted by molar-refractivity contribution is -0.136. The second kappa shape index (κ2) is 6.29. The predicted molar refractivity (Wildman–Crippen MR) is 81.2 cm³/mol. The monoisotopic (exact) mass is 302 g/mol. The van der Waals surface area contributed by atoms with Crippen LogP contribution in [0.4, 0.5) is 0 Å². The van der Waals surface area contributed by atoms with Crippen LogP contribution in [0, 0.1) is 0 Å². The van der Waals surface area contributed by atoms with E-state index in [4.69, 9.17) is 0 Å². The van der Waals surface area contributed by atoms with Crippen LogP contribution in [0.5, 0.6) is 0 Å². The van der Waals surface area contributed by atoms with Gasteiger partial charge in [-0.2, -0.15) is 5.10 Å². The minimum Gasteiger partial charge on any atom is -0.339 e. The molecule has 0 saturated carbocycles. The summed E-state index contributed by atoms with van der Waals surface area (Å²) in [6.45, 7) is 5.53. The van der Waals surface area contributed by atoms with Crippen molar-refractivity contribution >= 4 is 5.91 Å². The first-order valence-corrected chi connectivity index (χ1v) is 7.85. The molecular formula is C15H22N6O. The molecule has 1 aliphatic rings. The Morgan fingerprint density at radius 1 is 1.50 bits per heavy atom. The molecule has 1 amide bonds. The van der Waals surface area contributed by atoms with Gasteiger partial charge in [-0.05, 0) is 19.8 Å². The van der Waals surface area contributed by atoms with Crippen molar-refractivity contribution in [3.63, 3.8) is 0 Å². The van der Waals surface area contributed by atoms with Crippen LogP contribution in [0.25, 0.3) is 0 Å². The van der Waals surface area contributed by atoms with Crippen LogP contribution >= 0.6 is 0 Å². The zero-order valence-corrected chi connectivity index (χ0v) is 13.1. The zero-order valence-electron chi connectivity index (χ0n) is 13.1. The van der Waals surface area contributed by atoms with E-state index >= 15 is 0 Å². The first-order valence-electron chi connectivity index (χ1n) is 7.85. The van der Waals surface area contributed by atoms with Crippen LogP contribution in [0.1, 0.15) is 44.6 Å². The Bertz CT molecular complexity index is 620. The van der Waals surface area contributed by atoms with E-state index in [-0.39, 0.29) is 11.9 Å². The number of hydrogen-bond donors (Lipinski definition) is 0. The van der Waals surface area contributed by atoms with Crippen LogP contribution in [0.15, 0.2) is 25.0 Å². The topological polar surface area (TPSA) is 68.8 Å². The van der Waals surface area contributed by atoms with Crippen LogP contribution < -0.4 is 0 Å². The molecule has 3 rings (SSSR count). The Kier molecular flexibility index (Phi) is 4.22. The second-order valence-electron chi connectivity index (χ2n) is 5.74. The van der Waals surface area contributed by atoms with Gasteiger partial charge < -0.3 is 9.47 Å². The van der Waals surface area contributed by atoms with Crippen molar-refractivity contribution in [1.82, 2.24) is 29.2 Å². The van der Waals surface area contributed by atoms with Crippen molar-refractivity contribution in [2.24, 2.45) is 0 Å². The number of carbonyl (C=O) groups is 1. The highest BCUT2D eigenvalue weighted by Crippen LogP contribution is 2.24. The van der Waals surface area contributed by atoms with Crippen LogP contribution in [0.2, 0.25) is 0 Å². The van der Waals surface area contributed by atoms with Gasteiger partial charge in [-0.1, -0.05) is 6.92 Å². The van der Waals surface area contributed by atoms with Gasteiger partial charge >= 0.3 is 0 Å². The number of piperidine rings is 1. The molecule has 1 aliphatic heterocycles. The van der Waals surface area contributed by atoms with E-state index in [9.17, 15) is 4.79 Å². The van der Waals surface area contributed by atoms with Crippen molar-refractivity contribution in [2.45, 2.75) is 45.2 Å². The van der Waals surface area contributed by atoms with Crippen LogP contribution in [-0.2, 0) is 11.2 Å². The third-order valence-electron chi connectivity index (χ3n) is 4.36. The van der Waals surface area contributed by atoms with Gasteiger partial charge in [0.1, 0.15) is 24.5 Å². The predicted octanol–water partition coefficient (Wildman–Crippen LogP) is 1.46. The van der Waals surface area contributed by atoms with E-state index in [0.29, 0.717) is 6.04 Å². The first kappa shape index (κ1) is 14.7. The maximum atomic E-state index is 12.7. The molecule has 7 nitrogen and oxygen atoms in total. The summed E-state index contributed by atoms with van der Waals surface area (Å²) in [5.74, 6) is 1.19. The Labute approximate surface area is 130 Å². The third kappa shape index (κ3) is 2.75. The Morgan fingerprint density at radius 2 is 2.36 bits per heavy atom. The summed E-state index contributed by atoms with van der Waals surface area (Å²) < 4.78 is 3.83. The molecule has 0 unspecified atom stereocenters. The molecule has 1 fully saturated rings. The number of carbonyl (C=O) groups excluding carboxylic acids is 1. The number of aromatic nitrogens is 5. The first-order chi connectivity index (χ1) is 10.7. The van der Waals surface area contributed by atoms with E-state index in [1.54, 1.807) is 11.0 Å². The van der Waals surface area contributed by atoms with Gasteiger partial charge in [0.05, 0.1) is 6.04 Å². The van der Waals surface area contributed by atoms with Crippen LogP contribution in [-0.4, -0.2) is 48.2 Å². The molecule has 0 radical (unpaired) electrons. The maximum Gasteiger partial charge on any atom is 0.247 e. The standard InChI is InChI=1S/C15H22N6O/c1-3-14-17-6-8-20(14)13-5-4-7-19(9-13)15(22)12(2)21-11-16-10-18-21/h6,8,10-13H,3-5,7,9H2,1-2H3/t12-,13+/m1/s1. The van der Waals surface area contributed by atoms with Gasteiger partial charge in [-0.3, -0.25) is 4.79 Å². The summed E-state index contributed by atoms with van der Waals surface area (Å²) in [6, 6.07) is 0.00720. The molecule has 2 aromatic heterocycles. The van der Waals surface area contributed by atoms with Gasteiger partial charge in [0.25, 0.3) is 0 Å². The minimum absolute atomic E-state index is 0.105. The highest BCUT2D eigenvalue weighted by molar-refractivity contribution is 5.80. The lowest BCUT2D eigenvalue weighted by atomic mass is 10.0. The third-order valence-corrected chi connectivity index (χ3v) is 4.36. The van der Waals surface area contributed by atoms with E-state index in [1.807, 2.05) is 24.2 Å². The summed E-state index contributed by atoms with van der Waals surface area (Å²) in [6.07, 6.45) is 9.94. The SMILES string of the molecule is CCc1nccn1[C@H]1CCCN(C(=O)[C@@H](C)n2cncn2)C1. The molecule has 1 saturated heterocycles. The molecule has 22 heavy (non-hydrogen) atoms. The molecule has 2 atom stereocenters. The molecule has 0 N–H and O–H groups in total. The Hall–Kier alpha value is -2.18. The number of likely N-dealkylation sites (tertiary alicyclic amines) is 1. The van der Waals surface area contributed by atoms with Crippen molar-refractivity contribution < 1.29 is 4.79 Å². The summed E-state index contributed by atoms with van der Waals surface area (Å²) in [4.78, 5) is 22.9. The van der Waals surface area contributed by atoms with Crippen molar-refractivity contribution in [3.8, 4) is 0 Å². The van der Waals surface area contributed by atoms with Gasteiger partial charge in [0, 0.05) is 31.9 Å². The highest BCUT2D eigenvalue weighted by atomic mass is 16.2. The number of imidazole rings is 1. The van der Waals surface area contributed by atoms with E-state index in [2.05, 4.69) is 26.6 Å². The number of aryl methyl sites for hydroxylation is 1.